The molecule has 1 saturated heterocycles. The lowest BCUT2D eigenvalue weighted by molar-refractivity contribution is -0.132. The van der Waals surface area contributed by atoms with Crippen LogP contribution >= 0.6 is 0 Å². The Labute approximate surface area is 135 Å². The Balaban J connectivity index is 0.00000211. The van der Waals surface area contributed by atoms with E-state index in [1.165, 1.54) is 0 Å². The maximum Gasteiger partial charge on any atom is 0.222 e. The summed E-state index contributed by atoms with van der Waals surface area (Å²) >= 11 is 0. The average Bonchev–Trinajstić information content (AvgIpc) is 2.59. The van der Waals surface area contributed by atoms with Crippen molar-refractivity contribution in [3.8, 4) is 0 Å². The molecule has 0 bridgehead atoms. The van der Waals surface area contributed by atoms with Crippen molar-refractivity contribution in [2.75, 3.05) is 72.9 Å². The van der Waals surface area contributed by atoms with E-state index in [0.717, 1.165) is 39.3 Å². The Kier molecular flexibility index (Phi) is 14.7. The van der Waals surface area contributed by atoms with Gasteiger partial charge >= 0.3 is 0 Å². The Hall–Kier alpha value is -0.690. The summed E-state index contributed by atoms with van der Waals surface area (Å²) in [5.41, 5.74) is 0. The van der Waals surface area contributed by atoms with Crippen LogP contribution in [-0.4, -0.2) is 88.6 Å². The van der Waals surface area contributed by atoms with E-state index in [0.29, 0.717) is 32.8 Å². The third-order valence-electron chi connectivity index (χ3n) is 3.38. The highest BCUT2D eigenvalue weighted by molar-refractivity contribution is 5.75. The molecule has 0 unspecified atom stereocenters. The van der Waals surface area contributed by atoms with E-state index in [4.69, 9.17) is 14.2 Å². The Morgan fingerprint density at radius 2 is 1.45 bits per heavy atom. The molecule has 22 heavy (non-hydrogen) atoms. The van der Waals surface area contributed by atoms with E-state index in [9.17, 15) is 4.79 Å². The molecule has 0 aliphatic carbocycles. The molecule has 1 aliphatic rings. The zero-order valence-corrected chi connectivity index (χ0v) is 14.8. The number of piperazine rings is 1. The minimum absolute atomic E-state index is 0.258. The molecule has 0 radical (unpaired) electrons. The van der Waals surface area contributed by atoms with Crippen molar-refractivity contribution in [3.63, 3.8) is 0 Å². The standard InChI is InChI=1S/C14H28N2O4.C2H6/c1-3-14(17)16-6-4-15(5-7-16)8-9-19-12-13-20-11-10-18-2;1-2/h3-13H2,1-2H3;1-2H3. The molecular weight excluding hydrogens is 284 g/mol. The van der Waals surface area contributed by atoms with Gasteiger partial charge in [-0.1, -0.05) is 20.8 Å². The first-order valence-electron chi connectivity index (χ1n) is 8.42. The Morgan fingerprint density at radius 1 is 0.909 bits per heavy atom. The van der Waals surface area contributed by atoms with Crippen molar-refractivity contribution >= 4 is 5.91 Å². The maximum absolute atomic E-state index is 11.5. The van der Waals surface area contributed by atoms with Crippen molar-refractivity contribution in [2.24, 2.45) is 0 Å². The highest BCUT2D eigenvalue weighted by atomic mass is 16.5. The van der Waals surface area contributed by atoms with Crippen molar-refractivity contribution in [2.45, 2.75) is 27.2 Å². The van der Waals surface area contributed by atoms with Crippen molar-refractivity contribution in [1.29, 1.82) is 0 Å². The summed E-state index contributed by atoms with van der Waals surface area (Å²) in [4.78, 5) is 15.8. The second-order valence-electron chi connectivity index (χ2n) is 4.79. The van der Waals surface area contributed by atoms with E-state index in [1.807, 2.05) is 25.7 Å². The molecule has 0 saturated carbocycles. The molecule has 6 nitrogen and oxygen atoms in total. The molecule has 1 fully saturated rings. The minimum atomic E-state index is 0.258. The van der Waals surface area contributed by atoms with Crippen molar-refractivity contribution < 1.29 is 19.0 Å². The largest absolute Gasteiger partial charge is 0.382 e. The minimum Gasteiger partial charge on any atom is -0.382 e. The van der Waals surface area contributed by atoms with Gasteiger partial charge in [0.2, 0.25) is 5.91 Å². The molecule has 0 aromatic rings. The molecule has 1 amide bonds. The van der Waals surface area contributed by atoms with Gasteiger partial charge in [-0.2, -0.15) is 0 Å². The molecule has 0 atom stereocenters. The fourth-order valence-corrected chi connectivity index (χ4v) is 2.10. The molecular formula is C16H34N2O4. The lowest BCUT2D eigenvalue weighted by Gasteiger charge is -2.34. The molecule has 6 heteroatoms. The van der Waals surface area contributed by atoms with Gasteiger partial charge in [0.1, 0.15) is 0 Å². The zero-order valence-electron chi connectivity index (χ0n) is 14.8. The molecule has 0 spiro atoms. The summed E-state index contributed by atoms with van der Waals surface area (Å²) in [6.07, 6.45) is 0.603. The van der Waals surface area contributed by atoms with E-state index < -0.39 is 0 Å². The van der Waals surface area contributed by atoms with Crippen LogP contribution in [-0.2, 0) is 19.0 Å². The Bertz CT molecular complexity index is 257. The third kappa shape index (κ3) is 10.1. The van der Waals surface area contributed by atoms with Crippen LogP contribution in [0.15, 0.2) is 0 Å². The highest BCUT2D eigenvalue weighted by Gasteiger charge is 2.19. The van der Waals surface area contributed by atoms with Gasteiger partial charge in [-0.05, 0) is 0 Å². The summed E-state index contributed by atoms with van der Waals surface area (Å²) in [5, 5.41) is 0. The van der Waals surface area contributed by atoms with Crippen molar-refractivity contribution in [3.05, 3.63) is 0 Å². The predicted octanol–water partition coefficient (Wildman–Crippen LogP) is 1.25. The zero-order chi connectivity index (χ0) is 16.6. The van der Waals surface area contributed by atoms with Crippen LogP contribution in [0.25, 0.3) is 0 Å². The number of nitrogens with zero attached hydrogens (tertiary/aromatic N) is 2. The topological polar surface area (TPSA) is 51.2 Å². The van der Waals surface area contributed by atoms with Gasteiger partial charge in [-0.25, -0.2) is 0 Å². The summed E-state index contributed by atoms with van der Waals surface area (Å²) in [7, 11) is 1.66. The Morgan fingerprint density at radius 3 is 2.00 bits per heavy atom. The lowest BCUT2D eigenvalue weighted by Crippen LogP contribution is -2.49. The van der Waals surface area contributed by atoms with Crippen molar-refractivity contribution in [1.82, 2.24) is 9.80 Å². The SMILES string of the molecule is CC.CCC(=O)N1CCN(CCOCCOCCOC)CC1. The van der Waals surface area contributed by atoms with Crippen LogP contribution in [0.4, 0.5) is 0 Å². The first kappa shape index (κ1) is 21.3. The molecule has 1 aliphatic heterocycles. The number of ether oxygens (including phenoxy) is 3. The number of hydrogen-bond donors (Lipinski definition) is 0. The van der Waals surface area contributed by atoms with Crippen LogP contribution in [0.5, 0.6) is 0 Å². The van der Waals surface area contributed by atoms with Gasteiger partial charge in [0.05, 0.1) is 33.0 Å². The molecule has 0 aromatic heterocycles. The monoisotopic (exact) mass is 318 g/mol. The number of carbonyl (C=O) groups excluding carboxylic acids is 1. The van der Waals surface area contributed by atoms with Gasteiger partial charge in [0.25, 0.3) is 0 Å². The molecule has 0 aromatic carbocycles. The lowest BCUT2D eigenvalue weighted by atomic mass is 10.3. The third-order valence-corrected chi connectivity index (χ3v) is 3.38. The molecule has 1 rings (SSSR count). The second-order valence-corrected chi connectivity index (χ2v) is 4.79. The molecule has 1 heterocycles. The van der Waals surface area contributed by atoms with Gasteiger partial charge in [-0.15, -0.1) is 0 Å². The summed E-state index contributed by atoms with van der Waals surface area (Å²) in [6, 6.07) is 0. The van der Waals surface area contributed by atoms with Crippen LogP contribution in [0, 0.1) is 0 Å². The molecule has 0 N–H and O–H groups in total. The number of hydrogen-bond acceptors (Lipinski definition) is 5. The number of amides is 1. The number of methoxy groups -OCH3 is 1. The predicted molar refractivity (Wildman–Crippen MR) is 88.2 cm³/mol. The van der Waals surface area contributed by atoms with Gasteiger partial charge in [0.15, 0.2) is 0 Å². The van der Waals surface area contributed by atoms with Crippen LogP contribution < -0.4 is 0 Å². The number of rotatable bonds is 10. The number of carbonyl (C=O) groups is 1. The van der Waals surface area contributed by atoms with E-state index >= 15 is 0 Å². The van der Waals surface area contributed by atoms with Gasteiger partial charge < -0.3 is 19.1 Å². The van der Waals surface area contributed by atoms with E-state index in [1.54, 1.807) is 7.11 Å². The second kappa shape index (κ2) is 15.2. The van der Waals surface area contributed by atoms with E-state index in [2.05, 4.69) is 4.90 Å². The summed E-state index contributed by atoms with van der Waals surface area (Å²) in [5.74, 6) is 0.258. The fraction of sp³-hybridized carbons (Fsp3) is 0.938. The highest BCUT2D eigenvalue weighted by Crippen LogP contribution is 2.03. The fourth-order valence-electron chi connectivity index (χ4n) is 2.10. The van der Waals surface area contributed by atoms with Gasteiger partial charge in [-0.3, -0.25) is 9.69 Å². The molecule has 132 valence electrons. The first-order chi connectivity index (χ1) is 10.8. The van der Waals surface area contributed by atoms with E-state index in [-0.39, 0.29) is 5.91 Å². The normalized spacial score (nSPS) is 15.4. The van der Waals surface area contributed by atoms with Gasteiger partial charge in [0, 0.05) is 46.3 Å². The van der Waals surface area contributed by atoms with Crippen LogP contribution in [0.2, 0.25) is 0 Å². The van der Waals surface area contributed by atoms with Crippen LogP contribution in [0.3, 0.4) is 0 Å². The summed E-state index contributed by atoms with van der Waals surface area (Å²) in [6.45, 7) is 13.6. The smallest absolute Gasteiger partial charge is 0.222 e. The first-order valence-corrected chi connectivity index (χ1v) is 8.42. The maximum atomic E-state index is 11.5. The van der Waals surface area contributed by atoms with Crippen LogP contribution in [0.1, 0.15) is 27.2 Å². The summed E-state index contributed by atoms with van der Waals surface area (Å²) < 4.78 is 15.7. The quantitative estimate of drug-likeness (QED) is 0.567. The average molecular weight is 318 g/mol.